The fraction of sp³-hybridized carbons (Fsp3) is 0.571. The number of ether oxygens (including phenoxy) is 3. The molecule has 1 aliphatic heterocycles. The number of alkyl carbamates (subject to hydrolysis) is 1. The Morgan fingerprint density at radius 3 is 2.45 bits per heavy atom. The molecular formula is C21H30N2O6. The first kappa shape index (κ1) is 22.5. The molecule has 160 valence electrons. The molecule has 0 saturated carbocycles. The summed E-state index contributed by atoms with van der Waals surface area (Å²) in [5.74, 6) is -1.16. The van der Waals surface area contributed by atoms with E-state index in [9.17, 15) is 14.4 Å². The summed E-state index contributed by atoms with van der Waals surface area (Å²) in [5.41, 5.74) is 0.233. The van der Waals surface area contributed by atoms with E-state index in [-0.39, 0.29) is 19.8 Å². The second-order valence-electron chi connectivity index (χ2n) is 7.89. The first-order valence-corrected chi connectivity index (χ1v) is 9.81. The predicted molar refractivity (Wildman–Crippen MR) is 106 cm³/mol. The quantitative estimate of drug-likeness (QED) is 0.596. The van der Waals surface area contributed by atoms with Gasteiger partial charge in [0.25, 0.3) is 0 Å². The molecule has 1 heterocycles. The number of carbonyl (C=O) groups is 3. The van der Waals surface area contributed by atoms with Crippen LogP contribution in [0.3, 0.4) is 0 Å². The van der Waals surface area contributed by atoms with E-state index in [0.29, 0.717) is 13.0 Å². The Kier molecular flexibility index (Phi) is 7.87. The topological polar surface area (TPSA) is 94.2 Å². The molecule has 1 saturated heterocycles. The summed E-state index contributed by atoms with van der Waals surface area (Å²) >= 11 is 0. The minimum atomic E-state index is -0.694. The Morgan fingerprint density at radius 2 is 1.83 bits per heavy atom. The SMILES string of the molecule is CCOC(=O)[C@@H]1CN(C(=O)OC(C)(C)C)CC[C@@H]1NC(=O)OCc1ccccc1. The van der Waals surface area contributed by atoms with Gasteiger partial charge in [0.2, 0.25) is 0 Å². The van der Waals surface area contributed by atoms with E-state index in [1.165, 1.54) is 4.90 Å². The van der Waals surface area contributed by atoms with Gasteiger partial charge in [-0.2, -0.15) is 0 Å². The van der Waals surface area contributed by atoms with Crippen LogP contribution in [-0.2, 0) is 25.6 Å². The first-order valence-electron chi connectivity index (χ1n) is 9.81. The highest BCUT2D eigenvalue weighted by Crippen LogP contribution is 2.21. The zero-order valence-corrected chi connectivity index (χ0v) is 17.5. The molecule has 1 aromatic carbocycles. The van der Waals surface area contributed by atoms with Crippen LogP contribution < -0.4 is 5.32 Å². The molecule has 1 fully saturated rings. The van der Waals surface area contributed by atoms with E-state index < -0.39 is 35.7 Å². The van der Waals surface area contributed by atoms with Crippen molar-refractivity contribution in [3.63, 3.8) is 0 Å². The van der Waals surface area contributed by atoms with Crippen LogP contribution in [-0.4, -0.2) is 54.4 Å². The Balaban J connectivity index is 1.97. The second kappa shape index (κ2) is 10.1. The Morgan fingerprint density at radius 1 is 1.14 bits per heavy atom. The summed E-state index contributed by atoms with van der Waals surface area (Å²) in [6.07, 6.45) is -0.709. The number of amides is 2. The summed E-state index contributed by atoms with van der Waals surface area (Å²) < 4.78 is 15.8. The third kappa shape index (κ3) is 7.29. The third-order valence-electron chi connectivity index (χ3n) is 4.37. The summed E-state index contributed by atoms with van der Waals surface area (Å²) in [6.45, 7) is 7.87. The molecule has 0 aromatic heterocycles. The maximum Gasteiger partial charge on any atom is 0.410 e. The van der Waals surface area contributed by atoms with Crippen LogP contribution in [0.2, 0.25) is 0 Å². The van der Waals surface area contributed by atoms with Crippen molar-refractivity contribution in [2.24, 2.45) is 5.92 Å². The second-order valence-corrected chi connectivity index (χ2v) is 7.89. The average molecular weight is 406 g/mol. The number of rotatable bonds is 5. The molecule has 0 aliphatic carbocycles. The molecule has 0 bridgehead atoms. The zero-order chi connectivity index (χ0) is 21.4. The van der Waals surface area contributed by atoms with Crippen molar-refractivity contribution < 1.29 is 28.6 Å². The number of likely N-dealkylation sites (tertiary alicyclic amines) is 1. The molecule has 29 heavy (non-hydrogen) atoms. The molecule has 0 spiro atoms. The number of nitrogens with zero attached hydrogens (tertiary/aromatic N) is 1. The van der Waals surface area contributed by atoms with Crippen molar-refractivity contribution in [1.82, 2.24) is 10.2 Å². The molecule has 2 atom stereocenters. The van der Waals surface area contributed by atoms with Crippen molar-refractivity contribution in [2.45, 2.75) is 52.4 Å². The van der Waals surface area contributed by atoms with Crippen molar-refractivity contribution in [2.75, 3.05) is 19.7 Å². The highest BCUT2D eigenvalue weighted by molar-refractivity contribution is 5.77. The molecule has 1 N–H and O–H groups in total. The fourth-order valence-corrected chi connectivity index (χ4v) is 3.02. The van der Waals surface area contributed by atoms with Crippen LogP contribution >= 0.6 is 0 Å². The number of esters is 1. The zero-order valence-electron chi connectivity index (χ0n) is 17.5. The van der Waals surface area contributed by atoms with Crippen molar-refractivity contribution >= 4 is 18.2 Å². The standard InChI is InChI=1S/C21H30N2O6/c1-5-27-18(24)16-13-23(20(26)29-21(2,3)4)12-11-17(16)22-19(25)28-14-15-9-7-6-8-10-15/h6-10,16-17H,5,11-14H2,1-4H3,(H,22,25)/t16-,17+/m1/s1. The average Bonchev–Trinajstić information content (AvgIpc) is 2.66. The fourth-order valence-electron chi connectivity index (χ4n) is 3.02. The highest BCUT2D eigenvalue weighted by Gasteiger charge is 2.39. The number of carbonyl (C=O) groups excluding carboxylic acids is 3. The normalized spacial score (nSPS) is 19.2. The van der Waals surface area contributed by atoms with Crippen LogP contribution in [0.1, 0.15) is 39.7 Å². The Hall–Kier alpha value is -2.77. The monoisotopic (exact) mass is 406 g/mol. The molecular weight excluding hydrogens is 376 g/mol. The lowest BCUT2D eigenvalue weighted by molar-refractivity contribution is -0.150. The summed E-state index contributed by atoms with van der Waals surface area (Å²) in [4.78, 5) is 38.5. The minimum Gasteiger partial charge on any atom is -0.466 e. The van der Waals surface area contributed by atoms with E-state index in [0.717, 1.165) is 5.56 Å². The van der Waals surface area contributed by atoms with Crippen LogP contribution in [0.4, 0.5) is 9.59 Å². The molecule has 8 nitrogen and oxygen atoms in total. The van der Waals surface area contributed by atoms with Crippen LogP contribution in [0.5, 0.6) is 0 Å². The van der Waals surface area contributed by atoms with Gasteiger partial charge in [0, 0.05) is 19.1 Å². The van der Waals surface area contributed by atoms with E-state index in [2.05, 4.69) is 5.32 Å². The van der Waals surface area contributed by atoms with E-state index >= 15 is 0 Å². The van der Waals surface area contributed by atoms with Crippen LogP contribution in [0, 0.1) is 5.92 Å². The first-order chi connectivity index (χ1) is 13.7. The lowest BCUT2D eigenvalue weighted by Crippen LogP contribution is -2.55. The smallest absolute Gasteiger partial charge is 0.410 e. The molecule has 2 amide bonds. The number of hydrogen-bond donors (Lipinski definition) is 1. The highest BCUT2D eigenvalue weighted by atomic mass is 16.6. The van der Waals surface area contributed by atoms with Crippen LogP contribution in [0.15, 0.2) is 30.3 Å². The van der Waals surface area contributed by atoms with Crippen molar-refractivity contribution in [3.05, 3.63) is 35.9 Å². The minimum absolute atomic E-state index is 0.109. The van der Waals surface area contributed by atoms with Gasteiger partial charge in [0.1, 0.15) is 12.2 Å². The van der Waals surface area contributed by atoms with Gasteiger partial charge in [0.05, 0.1) is 12.5 Å². The third-order valence-corrected chi connectivity index (χ3v) is 4.37. The molecule has 1 aromatic rings. The van der Waals surface area contributed by atoms with Gasteiger partial charge in [-0.25, -0.2) is 9.59 Å². The predicted octanol–water partition coefficient (Wildman–Crippen LogP) is 3.10. The number of nitrogens with one attached hydrogen (secondary N) is 1. The molecule has 8 heteroatoms. The molecule has 1 aliphatic rings. The van der Waals surface area contributed by atoms with Crippen LogP contribution in [0.25, 0.3) is 0 Å². The summed E-state index contributed by atoms with van der Waals surface area (Å²) in [7, 11) is 0. The van der Waals surface area contributed by atoms with Crippen molar-refractivity contribution in [3.8, 4) is 0 Å². The van der Waals surface area contributed by atoms with Crippen molar-refractivity contribution in [1.29, 1.82) is 0 Å². The molecule has 0 radical (unpaired) electrons. The van der Waals surface area contributed by atoms with Gasteiger partial charge in [0.15, 0.2) is 0 Å². The van der Waals surface area contributed by atoms with Gasteiger partial charge in [-0.1, -0.05) is 30.3 Å². The van der Waals surface area contributed by atoms with E-state index in [1.807, 2.05) is 30.3 Å². The van der Waals surface area contributed by atoms with Gasteiger partial charge in [-0.15, -0.1) is 0 Å². The maximum atomic E-state index is 12.4. The van der Waals surface area contributed by atoms with Gasteiger partial charge >= 0.3 is 18.2 Å². The largest absolute Gasteiger partial charge is 0.466 e. The lowest BCUT2D eigenvalue weighted by Gasteiger charge is -2.37. The number of hydrogen-bond acceptors (Lipinski definition) is 6. The lowest BCUT2D eigenvalue weighted by atomic mass is 9.92. The Labute approximate surface area is 171 Å². The van der Waals surface area contributed by atoms with Gasteiger partial charge in [-0.3, -0.25) is 4.79 Å². The molecule has 2 rings (SSSR count). The molecule has 0 unspecified atom stereocenters. The number of piperidine rings is 1. The summed E-state index contributed by atoms with van der Waals surface area (Å²) in [5, 5.41) is 2.75. The van der Waals surface area contributed by atoms with E-state index in [1.54, 1.807) is 27.7 Å². The van der Waals surface area contributed by atoms with Gasteiger partial charge in [-0.05, 0) is 39.7 Å². The maximum absolute atomic E-state index is 12.4. The number of benzene rings is 1. The van der Waals surface area contributed by atoms with Gasteiger partial charge < -0.3 is 24.4 Å². The van der Waals surface area contributed by atoms with E-state index in [4.69, 9.17) is 14.2 Å². The Bertz CT molecular complexity index is 701. The summed E-state index contributed by atoms with van der Waals surface area (Å²) in [6, 6.07) is 8.82.